The molecule has 0 bridgehead atoms. The van der Waals surface area contributed by atoms with Crippen LogP contribution in [0.1, 0.15) is 18.1 Å². The van der Waals surface area contributed by atoms with Gasteiger partial charge in [-0.1, -0.05) is 29.3 Å². The highest BCUT2D eigenvalue weighted by atomic mass is 35.5. The van der Waals surface area contributed by atoms with E-state index in [9.17, 15) is 8.42 Å². The molecule has 0 amide bonds. The Hall–Kier alpha value is -1.47. The van der Waals surface area contributed by atoms with Crippen LogP contribution in [0.25, 0.3) is 5.70 Å². The smallest absolute Gasteiger partial charge is 0.249 e. The van der Waals surface area contributed by atoms with Gasteiger partial charge in [0.05, 0.1) is 10.6 Å². The number of hydrogen-bond donors (Lipinski definition) is 1. The predicted octanol–water partition coefficient (Wildman–Crippen LogP) is 4.39. The van der Waals surface area contributed by atoms with E-state index in [1.807, 2.05) is 32.1 Å². The minimum Gasteiger partial charge on any atom is -0.249 e. The zero-order valence-corrected chi connectivity index (χ0v) is 15.5. The second kappa shape index (κ2) is 6.80. The molecule has 0 aliphatic carbocycles. The Morgan fingerprint density at radius 3 is 2.58 bits per heavy atom. The molecule has 0 fully saturated rings. The van der Waals surface area contributed by atoms with E-state index in [1.54, 1.807) is 30.0 Å². The van der Waals surface area contributed by atoms with Gasteiger partial charge in [-0.15, -0.1) is 16.0 Å². The van der Waals surface area contributed by atoms with E-state index in [0.717, 1.165) is 16.0 Å². The van der Waals surface area contributed by atoms with Crippen molar-refractivity contribution in [3.8, 4) is 0 Å². The first-order valence-corrected chi connectivity index (χ1v) is 9.96. The molecule has 1 aliphatic rings. The molecular formula is C17H16ClNO3S2. The maximum atomic E-state index is 12.3. The van der Waals surface area contributed by atoms with Crippen LogP contribution in [0.2, 0.25) is 5.02 Å². The standard InChI is InChI=1S/C17H16ClNO3S2/c1-11-3-6-14(7-4-11)24(20,21)22-19-16-9-12(2)23-17-8-5-13(18)10-15(16)17/h3-10,12,19H,1-2H3. The molecule has 1 unspecified atom stereocenters. The van der Waals surface area contributed by atoms with Gasteiger partial charge in [-0.05, 0) is 50.3 Å². The van der Waals surface area contributed by atoms with Crippen LogP contribution in [0.4, 0.5) is 0 Å². The highest BCUT2D eigenvalue weighted by molar-refractivity contribution is 8.00. The number of halogens is 1. The van der Waals surface area contributed by atoms with Crippen LogP contribution in [-0.4, -0.2) is 13.7 Å². The highest BCUT2D eigenvalue weighted by Gasteiger charge is 2.21. The molecule has 2 aromatic rings. The summed E-state index contributed by atoms with van der Waals surface area (Å²) in [7, 11) is -3.90. The van der Waals surface area contributed by atoms with E-state index in [0.29, 0.717) is 10.7 Å². The van der Waals surface area contributed by atoms with E-state index in [1.165, 1.54) is 12.1 Å². The van der Waals surface area contributed by atoms with Gasteiger partial charge in [-0.25, -0.2) is 5.48 Å². The largest absolute Gasteiger partial charge is 0.317 e. The lowest BCUT2D eigenvalue weighted by atomic mass is 10.1. The second-order valence-corrected chi connectivity index (χ2v) is 8.90. The van der Waals surface area contributed by atoms with Crippen LogP contribution in [0.3, 0.4) is 0 Å². The number of hydroxylamine groups is 1. The lowest BCUT2D eigenvalue weighted by Gasteiger charge is -2.22. The number of hydrogen-bond acceptors (Lipinski definition) is 5. The summed E-state index contributed by atoms with van der Waals surface area (Å²) in [4.78, 5) is 1.12. The predicted molar refractivity (Wildman–Crippen MR) is 97.3 cm³/mol. The number of aryl methyl sites for hydroxylation is 1. The minimum absolute atomic E-state index is 0.103. The number of nitrogens with one attached hydrogen (secondary N) is 1. The Kier molecular flexibility index (Phi) is 4.92. The molecule has 0 saturated heterocycles. The zero-order valence-electron chi connectivity index (χ0n) is 13.1. The molecule has 126 valence electrons. The fourth-order valence-electron chi connectivity index (χ4n) is 2.32. The maximum absolute atomic E-state index is 12.3. The van der Waals surface area contributed by atoms with Crippen LogP contribution >= 0.6 is 23.4 Å². The Morgan fingerprint density at radius 1 is 1.17 bits per heavy atom. The molecule has 3 rings (SSSR count). The molecule has 2 aromatic carbocycles. The Balaban J connectivity index is 1.83. The molecular weight excluding hydrogens is 366 g/mol. The molecule has 1 heterocycles. The summed E-state index contributed by atoms with van der Waals surface area (Å²) in [5.74, 6) is 0. The molecule has 1 N–H and O–H groups in total. The summed E-state index contributed by atoms with van der Waals surface area (Å²) in [5, 5.41) is 0.768. The molecule has 1 atom stereocenters. The van der Waals surface area contributed by atoms with Crippen LogP contribution in [0.15, 0.2) is 58.3 Å². The van der Waals surface area contributed by atoms with Crippen molar-refractivity contribution in [3.05, 3.63) is 64.7 Å². The first-order valence-electron chi connectivity index (χ1n) is 7.30. The van der Waals surface area contributed by atoms with E-state index < -0.39 is 10.1 Å². The first-order chi connectivity index (χ1) is 11.3. The number of benzene rings is 2. The van der Waals surface area contributed by atoms with E-state index in [4.69, 9.17) is 15.9 Å². The van der Waals surface area contributed by atoms with Gasteiger partial charge in [0.2, 0.25) is 0 Å². The number of thioether (sulfide) groups is 1. The summed E-state index contributed by atoms with van der Waals surface area (Å²) in [6, 6.07) is 12.0. The van der Waals surface area contributed by atoms with Gasteiger partial charge in [0, 0.05) is 20.7 Å². The Labute approximate surface area is 150 Å². The van der Waals surface area contributed by atoms with Gasteiger partial charge < -0.3 is 0 Å². The van der Waals surface area contributed by atoms with Gasteiger partial charge >= 0.3 is 10.1 Å². The van der Waals surface area contributed by atoms with Gasteiger partial charge in [-0.2, -0.15) is 8.42 Å². The van der Waals surface area contributed by atoms with Gasteiger partial charge in [0.15, 0.2) is 0 Å². The van der Waals surface area contributed by atoms with E-state index >= 15 is 0 Å². The monoisotopic (exact) mass is 381 g/mol. The van der Waals surface area contributed by atoms with Crippen molar-refractivity contribution in [3.63, 3.8) is 0 Å². The van der Waals surface area contributed by atoms with Gasteiger partial charge in [0.1, 0.15) is 0 Å². The second-order valence-electron chi connectivity index (χ2n) is 5.50. The molecule has 0 aromatic heterocycles. The highest BCUT2D eigenvalue weighted by Crippen LogP contribution is 2.37. The summed E-state index contributed by atoms with van der Waals surface area (Å²) >= 11 is 7.73. The quantitative estimate of drug-likeness (QED) is 0.796. The zero-order chi connectivity index (χ0) is 17.3. The van der Waals surface area contributed by atoms with Crippen molar-refractivity contribution in [2.45, 2.75) is 28.9 Å². The van der Waals surface area contributed by atoms with E-state index in [2.05, 4.69) is 5.48 Å². The van der Waals surface area contributed by atoms with Crippen molar-refractivity contribution in [1.29, 1.82) is 0 Å². The molecule has 1 aliphatic heterocycles. The lowest BCUT2D eigenvalue weighted by Crippen LogP contribution is -2.21. The average Bonchev–Trinajstić information content (AvgIpc) is 2.53. The Bertz CT molecular complexity index is 893. The minimum atomic E-state index is -3.90. The third-order valence-corrected chi connectivity index (χ3v) is 6.02. The van der Waals surface area contributed by atoms with Crippen LogP contribution in [0.5, 0.6) is 0 Å². The Morgan fingerprint density at radius 2 is 1.88 bits per heavy atom. The van der Waals surface area contributed by atoms with Crippen molar-refractivity contribution >= 4 is 39.2 Å². The first kappa shape index (κ1) is 17.4. The molecule has 7 heteroatoms. The topological polar surface area (TPSA) is 55.4 Å². The third kappa shape index (κ3) is 3.78. The van der Waals surface area contributed by atoms with Crippen LogP contribution in [0, 0.1) is 6.92 Å². The van der Waals surface area contributed by atoms with Crippen molar-refractivity contribution in [1.82, 2.24) is 5.48 Å². The molecule has 24 heavy (non-hydrogen) atoms. The number of fused-ring (bicyclic) bond motifs is 1. The lowest BCUT2D eigenvalue weighted by molar-refractivity contribution is 0.258. The average molecular weight is 382 g/mol. The van der Waals surface area contributed by atoms with Crippen molar-refractivity contribution in [2.75, 3.05) is 0 Å². The molecule has 0 spiro atoms. The molecule has 4 nitrogen and oxygen atoms in total. The third-order valence-electron chi connectivity index (χ3n) is 3.52. The summed E-state index contributed by atoms with van der Waals surface area (Å²) in [6.45, 7) is 3.92. The van der Waals surface area contributed by atoms with Crippen LogP contribution < -0.4 is 5.48 Å². The SMILES string of the molecule is Cc1ccc(S(=O)(=O)ONC2=CC(C)Sc3ccc(Cl)cc32)cc1. The summed E-state index contributed by atoms with van der Waals surface area (Å²) < 4.78 is 29.6. The van der Waals surface area contributed by atoms with E-state index in [-0.39, 0.29) is 10.1 Å². The molecule has 0 saturated carbocycles. The summed E-state index contributed by atoms with van der Waals surface area (Å²) in [6.07, 6.45) is 1.91. The van der Waals surface area contributed by atoms with Crippen molar-refractivity contribution in [2.24, 2.45) is 0 Å². The molecule has 0 radical (unpaired) electrons. The summed E-state index contributed by atoms with van der Waals surface area (Å²) in [5.41, 5.74) is 4.98. The van der Waals surface area contributed by atoms with Gasteiger partial charge in [-0.3, -0.25) is 0 Å². The van der Waals surface area contributed by atoms with Crippen molar-refractivity contribution < 1.29 is 12.7 Å². The normalized spacial score (nSPS) is 17.1. The fraction of sp³-hybridized carbons (Fsp3) is 0.176. The fourth-order valence-corrected chi connectivity index (χ4v) is 4.30. The van der Waals surface area contributed by atoms with Gasteiger partial charge in [0.25, 0.3) is 0 Å². The number of rotatable bonds is 4. The van der Waals surface area contributed by atoms with Crippen LogP contribution in [-0.2, 0) is 14.4 Å². The maximum Gasteiger partial charge on any atom is 0.317 e.